The van der Waals surface area contributed by atoms with Gasteiger partial charge in [-0.1, -0.05) is 53.0 Å². The zero-order valence-electron chi connectivity index (χ0n) is 11.2. The number of hydrogen-bond acceptors (Lipinski definition) is 0. The minimum Gasteiger partial charge on any atom is -0.0750 e. The van der Waals surface area contributed by atoms with Crippen molar-refractivity contribution in [3.8, 4) is 0 Å². The summed E-state index contributed by atoms with van der Waals surface area (Å²) in [6.07, 6.45) is 6.56. The predicted molar refractivity (Wildman–Crippen MR) is 68.9 cm³/mol. The largest absolute Gasteiger partial charge is 0.0750 e. The van der Waals surface area contributed by atoms with Crippen molar-refractivity contribution in [2.45, 2.75) is 54.4 Å². The molecule has 0 aromatic heterocycles. The molecular weight excluding hydrogens is 180 g/mol. The van der Waals surface area contributed by atoms with E-state index in [0.717, 1.165) is 12.3 Å². The molecule has 0 aliphatic rings. The Labute approximate surface area is 95.8 Å². The van der Waals surface area contributed by atoms with Crippen LogP contribution in [0.25, 0.3) is 0 Å². The summed E-state index contributed by atoms with van der Waals surface area (Å²) in [5.74, 6) is 1.32. The molecule has 0 aromatic rings. The zero-order valence-corrected chi connectivity index (χ0v) is 11.2. The van der Waals surface area contributed by atoms with E-state index in [1.54, 1.807) is 0 Å². The van der Waals surface area contributed by atoms with Crippen molar-refractivity contribution in [1.29, 1.82) is 0 Å². The summed E-state index contributed by atoms with van der Waals surface area (Å²) in [4.78, 5) is 0. The van der Waals surface area contributed by atoms with Gasteiger partial charge >= 0.3 is 0 Å². The summed E-state index contributed by atoms with van der Waals surface area (Å²) in [6, 6.07) is 0. The average molecular weight is 206 g/mol. The van der Waals surface area contributed by atoms with Gasteiger partial charge in [0.15, 0.2) is 0 Å². The third kappa shape index (κ3) is 8.30. The van der Waals surface area contributed by atoms with Crippen LogP contribution in [0.2, 0.25) is 0 Å². The third-order valence-corrected chi connectivity index (χ3v) is 2.77. The third-order valence-electron chi connectivity index (χ3n) is 2.77. The van der Waals surface area contributed by atoms with Crippen LogP contribution in [-0.2, 0) is 0 Å². The monoisotopic (exact) mass is 206 g/mol. The molecule has 1 atom stereocenters. The summed E-state index contributed by atoms with van der Waals surface area (Å²) in [5.41, 5.74) is 6.57. The Morgan fingerprint density at radius 3 is 2.13 bits per heavy atom. The molecule has 0 spiro atoms. The summed E-state index contributed by atoms with van der Waals surface area (Å²) in [6.45, 7) is 13.5. The maximum atomic E-state index is 3.13. The lowest BCUT2D eigenvalue weighted by atomic mass is 9.82. The van der Waals surface area contributed by atoms with Crippen LogP contribution >= 0.6 is 0 Å². The van der Waals surface area contributed by atoms with Crippen molar-refractivity contribution in [2.24, 2.45) is 17.3 Å². The Kier molecular flexibility index (Phi) is 6.41. The van der Waals surface area contributed by atoms with Gasteiger partial charge in [0.2, 0.25) is 0 Å². The topological polar surface area (TPSA) is 0 Å². The van der Waals surface area contributed by atoms with Crippen LogP contribution in [0.1, 0.15) is 54.4 Å². The van der Waals surface area contributed by atoms with E-state index in [4.69, 9.17) is 0 Å². The van der Waals surface area contributed by atoms with E-state index in [0.29, 0.717) is 11.3 Å². The van der Waals surface area contributed by atoms with Crippen molar-refractivity contribution in [3.63, 3.8) is 0 Å². The smallest absolute Gasteiger partial charge is 0.0131 e. The van der Waals surface area contributed by atoms with Gasteiger partial charge in [0.25, 0.3) is 0 Å². The highest BCUT2D eigenvalue weighted by molar-refractivity contribution is 4.93. The molecule has 0 N–H and O–H groups in total. The van der Waals surface area contributed by atoms with Gasteiger partial charge in [0, 0.05) is 0 Å². The van der Waals surface area contributed by atoms with Crippen LogP contribution in [-0.4, -0.2) is 0 Å². The van der Waals surface area contributed by atoms with Crippen molar-refractivity contribution >= 4 is 0 Å². The first-order chi connectivity index (χ1) is 6.84. The second kappa shape index (κ2) is 6.72. The summed E-state index contributed by atoms with van der Waals surface area (Å²) in [5, 5.41) is 0. The average Bonchev–Trinajstić information content (AvgIpc) is 2.08. The van der Waals surface area contributed by atoms with Crippen molar-refractivity contribution in [1.82, 2.24) is 0 Å². The molecule has 0 fully saturated rings. The van der Waals surface area contributed by atoms with Crippen molar-refractivity contribution in [3.05, 3.63) is 23.6 Å². The first kappa shape index (κ1) is 14.3. The molecule has 1 unspecified atom stereocenters. The maximum absolute atomic E-state index is 3.13. The first-order valence-electron chi connectivity index (χ1n) is 6.00. The van der Waals surface area contributed by atoms with E-state index >= 15 is 0 Å². The highest BCUT2D eigenvalue weighted by Gasteiger charge is 2.16. The molecule has 0 heterocycles. The zero-order chi connectivity index (χ0) is 11.9. The van der Waals surface area contributed by atoms with Crippen LogP contribution in [0.5, 0.6) is 0 Å². The quantitative estimate of drug-likeness (QED) is 0.570. The number of hydrogen-bond donors (Lipinski definition) is 0. The summed E-state index contributed by atoms with van der Waals surface area (Å²) >= 11 is 0. The molecule has 0 aliphatic heterocycles. The van der Waals surface area contributed by atoms with Gasteiger partial charge in [-0.15, -0.1) is 0 Å². The van der Waals surface area contributed by atoms with Crippen LogP contribution < -0.4 is 0 Å². The number of allylic oxidation sites excluding steroid dienone is 2. The van der Waals surface area contributed by atoms with Crippen molar-refractivity contribution in [2.75, 3.05) is 0 Å². The van der Waals surface area contributed by atoms with Crippen LogP contribution in [0.4, 0.5) is 0 Å². The lowest BCUT2D eigenvalue weighted by Gasteiger charge is -2.23. The molecular formula is C15H26. The van der Waals surface area contributed by atoms with Gasteiger partial charge < -0.3 is 0 Å². The molecule has 15 heavy (non-hydrogen) atoms. The molecule has 0 heteroatoms. The molecule has 0 bridgehead atoms. The maximum Gasteiger partial charge on any atom is -0.0131 e. The van der Waals surface area contributed by atoms with Crippen LogP contribution in [0, 0.1) is 17.3 Å². The summed E-state index contributed by atoms with van der Waals surface area (Å²) < 4.78 is 0. The Hall–Kier alpha value is -0.700. The highest BCUT2D eigenvalue weighted by Crippen LogP contribution is 2.25. The second-order valence-corrected chi connectivity index (χ2v) is 5.79. The van der Waals surface area contributed by atoms with Gasteiger partial charge in [-0.05, 0) is 42.2 Å². The Bertz CT molecular complexity index is 250. The van der Waals surface area contributed by atoms with Gasteiger partial charge in [0.1, 0.15) is 0 Å². The fourth-order valence-electron chi connectivity index (χ4n) is 0.971. The lowest BCUT2D eigenvalue weighted by Crippen LogP contribution is -2.14. The molecule has 0 aliphatic carbocycles. The number of rotatable bonds is 4. The van der Waals surface area contributed by atoms with E-state index in [1.807, 2.05) is 0 Å². The molecule has 0 rings (SSSR count). The van der Waals surface area contributed by atoms with Crippen molar-refractivity contribution < 1.29 is 0 Å². The Morgan fingerprint density at radius 1 is 1.07 bits per heavy atom. The lowest BCUT2D eigenvalue weighted by molar-refractivity contribution is 0.315. The van der Waals surface area contributed by atoms with Gasteiger partial charge in [0.05, 0.1) is 0 Å². The minimum absolute atomic E-state index is 0.326. The van der Waals surface area contributed by atoms with E-state index in [9.17, 15) is 0 Å². The molecule has 0 saturated carbocycles. The highest BCUT2D eigenvalue weighted by atomic mass is 14.2. The molecule has 0 saturated heterocycles. The molecule has 0 aromatic carbocycles. The molecule has 0 radical (unpaired) electrons. The first-order valence-corrected chi connectivity index (χ1v) is 6.00. The standard InChI is InChI=1S/C15H26/c1-13(2)11-9-7-8-10-12-14(3)15(4,5)6/h7,12-14H,9,11H2,1-6H3. The molecule has 0 amide bonds. The van der Waals surface area contributed by atoms with Gasteiger partial charge in [-0.3, -0.25) is 0 Å². The Balaban J connectivity index is 4.10. The fourth-order valence-corrected chi connectivity index (χ4v) is 0.971. The van der Waals surface area contributed by atoms with Gasteiger partial charge in [-0.25, -0.2) is 0 Å². The van der Waals surface area contributed by atoms with Gasteiger partial charge in [-0.2, -0.15) is 0 Å². The van der Waals surface area contributed by atoms with Crippen LogP contribution in [0.15, 0.2) is 23.6 Å². The second-order valence-electron chi connectivity index (χ2n) is 5.79. The molecule has 0 nitrogen and oxygen atoms in total. The predicted octanol–water partition coefficient (Wildman–Crippen LogP) is 4.97. The Morgan fingerprint density at radius 2 is 1.67 bits per heavy atom. The fraction of sp³-hybridized carbons (Fsp3) is 0.733. The van der Waals surface area contributed by atoms with E-state index in [1.165, 1.54) is 6.42 Å². The minimum atomic E-state index is 0.326. The van der Waals surface area contributed by atoms with E-state index in [-0.39, 0.29) is 0 Å². The van der Waals surface area contributed by atoms with E-state index in [2.05, 4.69) is 65.2 Å². The summed E-state index contributed by atoms with van der Waals surface area (Å²) in [7, 11) is 0. The normalized spacial score (nSPS) is 13.0. The SMILES string of the molecule is CC(C)CCC=C=C=CC(C)C(C)(C)C. The van der Waals surface area contributed by atoms with Crippen LogP contribution in [0.3, 0.4) is 0 Å². The molecule has 86 valence electrons. The van der Waals surface area contributed by atoms with E-state index < -0.39 is 0 Å².